The first-order chi connectivity index (χ1) is 21.1. The predicted octanol–water partition coefficient (Wildman–Crippen LogP) is 11.7. The third kappa shape index (κ3) is 28.1. The van der Waals surface area contributed by atoms with Crippen LogP contribution in [0.4, 0.5) is 0 Å². The molecule has 0 aliphatic rings. The average Bonchev–Trinajstić information content (AvgIpc) is 3.00. The van der Waals surface area contributed by atoms with Crippen LogP contribution in [0.2, 0.25) is 0 Å². The van der Waals surface area contributed by atoms with E-state index in [1.54, 1.807) is 0 Å². The van der Waals surface area contributed by atoms with Gasteiger partial charge in [0.05, 0.1) is 0 Å². The van der Waals surface area contributed by atoms with Crippen molar-refractivity contribution in [1.82, 2.24) is 0 Å². The number of Topliss-reactive ketones (excluding diaryl/α,β-unsaturated/α-hetero) is 1. The minimum Gasteiger partial charge on any atom is -0.389 e. The van der Waals surface area contributed by atoms with E-state index in [0.29, 0.717) is 12.8 Å². The molecule has 43 heavy (non-hydrogen) atoms. The summed E-state index contributed by atoms with van der Waals surface area (Å²) in [7, 11) is 0. The zero-order chi connectivity index (χ0) is 31.6. The lowest BCUT2D eigenvalue weighted by molar-refractivity contribution is -0.160. The number of hydrogen-bond acceptors (Lipinski definition) is 4. The fourth-order valence-corrected chi connectivity index (χ4v) is 4.89. The second kappa shape index (κ2) is 32.4. The number of carbonyl (C=O) groups is 3. The van der Waals surface area contributed by atoms with E-state index in [9.17, 15) is 14.4 Å². The molecule has 0 saturated carbocycles. The maximum Gasteiger partial charge on any atom is 0.337 e. The second-order valence-electron chi connectivity index (χ2n) is 11.6. The number of esters is 2. The molecule has 0 aromatic rings. The number of ketones is 1. The molecule has 4 nitrogen and oxygen atoms in total. The molecule has 0 radical (unpaired) electrons. The minimum atomic E-state index is -0.848. The molecule has 0 aromatic carbocycles. The van der Waals surface area contributed by atoms with Crippen LogP contribution in [0, 0.1) is 5.92 Å². The number of hydrogen-bond donors (Lipinski definition) is 0. The van der Waals surface area contributed by atoms with Crippen LogP contribution < -0.4 is 0 Å². The molecule has 0 heterocycles. The summed E-state index contributed by atoms with van der Waals surface area (Å²) in [6.45, 7) is 7.81. The van der Waals surface area contributed by atoms with Crippen LogP contribution in [-0.4, -0.2) is 17.7 Å². The van der Waals surface area contributed by atoms with Crippen molar-refractivity contribution in [2.75, 3.05) is 0 Å². The number of allylic oxidation sites excluding steroid dienone is 8. The van der Waals surface area contributed by atoms with Gasteiger partial charge in [0.2, 0.25) is 0 Å². The molecule has 0 amide bonds. The third-order valence-corrected chi connectivity index (χ3v) is 7.61. The van der Waals surface area contributed by atoms with E-state index in [0.717, 1.165) is 89.5 Å². The summed E-state index contributed by atoms with van der Waals surface area (Å²) in [5, 5.41) is 0. The molecule has 0 aliphatic carbocycles. The van der Waals surface area contributed by atoms with Gasteiger partial charge in [-0.3, -0.25) is 9.59 Å². The van der Waals surface area contributed by atoms with Gasteiger partial charge in [-0.05, 0) is 77.0 Å². The molecule has 244 valence electrons. The first-order valence-corrected chi connectivity index (χ1v) is 17.6. The van der Waals surface area contributed by atoms with Gasteiger partial charge in [0.1, 0.15) is 11.7 Å². The van der Waals surface area contributed by atoms with Crippen LogP contribution in [0.3, 0.4) is 0 Å². The lowest BCUT2D eigenvalue weighted by Gasteiger charge is -2.14. The van der Waals surface area contributed by atoms with Gasteiger partial charge in [-0.1, -0.05) is 133 Å². The first kappa shape index (κ1) is 40.5. The van der Waals surface area contributed by atoms with Crippen molar-refractivity contribution in [2.24, 2.45) is 5.92 Å². The van der Waals surface area contributed by atoms with E-state index in [4.69, 9.17) is 4.74 Å². The Hall–Kier alpha value is -2.49. The molecule has 0 saturated heterocycles. The van der Waals surface area contributed by atoms with Gasteiger partial charge in [0.15, 0.2) is 0 Å². The molecule has 0 bridgehead atoms. The van der Waals surface area contributed by atoms with Gasteiger partial charge < -0.3 is 4.74 Å². The highest BCUT2D eigenvalue weighted by Gasteiger charge is 2.28. The maximum absolute atomic E-state index is 12.9. The third-order valence-electron chi connectivity index (χ3n) is 7.61. The zero-order valence-electron chi connectivity index (χ0n) is 27.9. The first-order valence-electron chi connectivity index (χ1n) is 17.6. The summed E-state index contributed by atoms with van der Waals surface area (Å²) in [5.74, 6) is -2.46. The van der Waals surface area contributed by atoms with Gasteiger partial charge in [-0.25, -0.2) is 4.79 Å². The lowest BCUT2D eigenvalue weighted by atomic mass is 9.93. The van der Waals surface area contributed by atoms with E-state index in [-0.39, 0.29) is 5.78 Å². The summed E-state index contributed by atoms with van der Waals surface area (Å²) >= 11 is 0. The number of carbonyl (C=O) groups excluding carboxylic acids is 3. The molecular weight excluding hydrogens is 532 g/mol. The minimum absolute atomic E-state index is 0.0989. The molecule has 0 fully saturated rings. The number of ether oxygens (including phenoxy) is 1. The monoisotopic (exact) mass is 596 g/mol. The molecule has 4 heteroatoms. The highest BCUT2D eigenvalue weighted by atomic mass is 16.6. The van der Waals surface area contributed by atoms with E-state index in [1.165, 1.54) is 51.4 Å². The van der Waals surface area contributed by atoms with Gasteiger partial charge in [0, 0.05) is 12.5 Å². The van der Waals surface area contributed by atoms with Crippen molar-refractivity contribution < 1.29 is 19.1 Å². The van der Waals surface area contributed by atoms with Gasteiger partial charge in [0.25, 0.3) is 0 Å². The average molecular weight is 597 g/mol. The second-order valence-corrected chi connectivity index (χ2v) is 11.6. The Morgan fingerprint density at radius 1 is 0.558 bits per heavy atom. The Morgan fingerprint density at radius 2 is 0.977 bits per heavy atom. The predicted molar refractivity (Wildman–Crippen MR) is 184 cm³/mol. The number of unbranched alkanes of at least 4 members (excludes halogenated alkanes) is 15. The lowest BCUT2D eigenvalue weighted by Crippen LogP contribution is -2.27. The molecule has 1 atom stereocenters. The van der Waals surface area contributed by atoms with Crippen LogP contribution in [0.5, 0.6) is 0 Å². The summed E-state index contributed by atoms with van der Waals surface area (Å²) in [5.41, 5.74) is 0. The Bertz CT molecular complexity index is 817. The standard InChI is InChI=1S/C39H64O4/c1-4-7-9-11-13-15-17-19-21-23-25-27-29-31-33-35-37(40)36(39(42)43-38(41)6-3)34-32-30-28-26-24-22-20-18-16-14-12-10-8-5-2/h6,13-16,19-22,36H,3-5,7-12,17-18,23-35H2,1-2H3/b15-13-,16-14-,21-19-,22-20-. The maximum atomic E-state index is 12.9. The van der Waals surface area contributed by atoms with E-state index in [2.05, 4.69) is 69.0 Å². The van der Waals surface area contributed by atoms with Crippen LogP contribution in [0.1, 0.15) is 162 Å². The topological polar surface area (TPSA) is 60.4 Å². The Balaban J connectivity index is 4.15. The summed E-state index contributed by atoms with van der Waals surface area (Å²) in [4.78, 5) is 37.0. The van der Waals surface area contributed by atoms with E-state index < -0.39 is 17.9 Å². The number of rotatable bonds is 30. The van der Waals surface area contributed by atoms with Crippen LogP contribution in [-0.2, 0) is 19.1 Å². The molecule has 0 rings (SSSR count). The van der Waals surface area contributed by atoms with E-state index in [1.807, 2.05) is 0 Å². The highest BCUT2D eigenvalue weighted by molar-refractivity contribution is 6.03. The normalized spacial score (nSPS) is 12.6. The largest absolute Gasteiger partial charge is 0.389 e. The molecule has 0 N–H and O–H groups in total. The van der Waals surface area contributed by atoms with Gasteiger partial charge in [-0.15, -0.1) is 0 Å². The molecule has 0 aliphatic heterocycles. The Morgan fingerprint density at radius 3 is 1.44 bits per heavy atom. The Kier molecular flexibility index (Phi) is 30.5. The highest BCUT2D eigenvalue weighted by Crippen LogP contribution is 2.19. The quantitative estimate of drug-likeness (QED) is 0.0272. The molecule has 1 unspecified atom stereocenters. The summed E-state index contributed by atoms with van der Waals surface area (Å²) < 4.78 is 4.84. The fourth-order valence-electron chi connectivity index (χ4n) is 4.89. The molecule has 0 spiro atoms. The Labute approximate surface area is 265 Å². The van der Waals surface area contributed by atoms with Gasteiger partial charge in [-0.2, -0.15) is 0 Å². The fraction of sp³-hybridized carbons (Fsp3) is 0.667. The van der Waals surface area contributed by atoms with Crippen molar-refractivity contribution in [3.63, 3.8) is 0 Å². The van der Waals surface area contributed by atoms with Crippen LogP contribution in [0.25, 0.3) is 0 Å². The SMILES string of the molecule is C=CC(=O)OC(=O)C(CCCCCC/C=C\C/C=C\CCCCC)C(=O)CCCCCCC/C=C\C/C=C\CCCCC. The molecular formula is C39H64O4. The molecule has 0 aromatic heterocycles. The van der Waals surface area contributed by atoms with E-state index >= 15 is 0 Å². The van der Waals surface area contributed by atoms with Crippen molar-refractivity contribution >= 4 is 17.7 Å². The van der Waals surface area contributed by atoms with Crippen LogP contribution in [0.15, 0.2) is 61.3 Å². The van der Waals surface area contributed by atoms with Crippen LogP contribution >= 0.6 is 0 Å². The smallest absolute Gasteiger partial charge is 0.337 e. The van der Waals surface area contributed by atoms with Crippen molar-refractivity contribution in [3.05, 3.63) is 61.3 Å². The van der Waals surface area contributed by atoms with Crippen molar-refractivity contribution in [1.29, 1.82) is 0 Å². The zero-order valence-corrected chi connectivity index (χ0v) is 27.9. The summed E-state index contributed by atoms with van der Waals surface area (Å²) in [6.07, 6.45) is 43.1. The van der Waals surface area contributed by atoms with Crippen molar-refractivity contribution in [2.45, 2.75) is 162 Å². The van der Waals surface area contributed by atoms with Gasteiger partial charge >= 0.3 is 11.9 Å². The van der Waals surface area contributed by atoms with Crippen molar-refractivity contribution in [3.8, 4) is 0 Å². The summed E-state index contributed by atoms with van der Waals surface area (Å²) in [6, 6.07) is 0.